The maximum Gasteiger partial charge on any atom is 0.419 e. The Morgan fingerprint density at radius 2 is 1.86 bits per heavy atom. The molecule has 8 heteroatoms. The van der Waals surface area contributed by atoms with E-state index in [1.54, 1.807) is 6.92 Å². The van der Waals surface area contributed by atoms with Gasteiger partial charge in [-0.25, -0.2) is 12.8 Å². The first-order valence-corrected chi connectivity index (χ1v) is 8.22. The molecule has 0 radical (unpaired) electrons. The summed E-state index contributed by atoms with van der Waals surface area (Å²) in [6.07, 6.45) is -3.82. The van der Waals surface area contributed by atoms with Crippen LogP contribution in [0, 0.1) is 5.82 Å². The average Bonchev–Trinajstić information content (AvgIpc) is 2.33. The van der Waals surface area contributed by atoms with Crippen LogP contribution in [0.3, 0.4) is 0 Å². The van der Waals surface area contributed by atoms with Crippen LogP contribution in [0.25, 0.3) is 0 Å². The van der Waals surface area contributed by atoms with E-state index in [0.717, 1.165) is 6.26 Å². The van der Waals surface area contributed by atoms with Crippen molar-refractivity contribution in [3.05, 3.63) is 35.1 Å². The highest BCUT2D eigenvalue weighted by atomic mass is 32.2. The SMILES string of the molecule is CCNC(c1ccc(F)c(C(F)(F)F)c1)C(C)S(C)(=O)=O. The van der Waals surface area contributed by atoms with Crippen LogP contribution in [-0.2, 0) is 16.0 Å². The fourth-order valence-electron chi connectivity index (χ4n) is 1.98. The fraction of sp³-hybridized carbons (Fsp3) is 0.538. The van der Waals surface area contributed by atoms with E-state index in [2.05, 4.69) is 5.32 Å². The maximum atomic E-state index is 13.3. The van der Waals surface area contributed by atoms with Crippen LogP contribution < -0.4 is 5.32 Å². The number of benzene rings is 1. The molecule has 0 fully saturated rings. The molecule has 120 valence electrons. The molecule has 3 nitrogen and oxygen atoms in total. The highest BCUT2D eigenvalue weighted by Gasteiger charge is 2.36. The van der Waals surface area contributed by atoms with Gasteiger partial charge in [-0.1, -0.05) is 13.0 Å². The van der Waals surface area contributed by atoms with E-state index in [0.29, 0.717) is 18.7 Å². The summed E-state index contributed by atoms with van der Waals surface area (Å²) in [5.41, 5.74) is -1.31. The van der Waals surface area contributed by atoms with Gasteiger partial charge in [0.15, 0.2) is 9.84 Å². The number of hydrogen-bond donors (Lipinski definition) is 1. The summed E-state index contributed by atoms with van der Waals surface area (Å²) in [5, 5.41) is 1.89. The summed E-state index contributed by atoms with van der Waals surface area (Å²) >= 11 is 0. The summed E-state index contributed by atoms with van der Waals surface area (Å²) in [7, 11) is -3.47. The van der Waals surface area contributed by atoms with E-state index in [1.165, 1.54) is 13.0 Å². The van der Waals surface area contributed by atoms with Crippen molar-refractivity contribution in [3.63, 3.8) is 0 Å². The second-order valence-corrected chi connectivity index (χ2v) is 7.21. The topological polar surface area (TPSA) is 46.2 Å². The van der Waals surface area contributed by atoms with Gasteiger partial charge in [-0.15, -0.1) is 0 Å². The van der Waals surface area contributed by atoms with Crippen molar-refractivity contribution >= 4 is 9.84 Å². The lowest BCUT2D eigenvalue weighted by Crippen LogP contribution is -2.35. The Morgan fingerprint density at radius 3 is 2.29 bits per heavy atom. The second kappa shape index (κ2) is 6.31. The van der Waals surface area contributed by atoms with Gasteiger partial charge in [0, 0.05) is 12.3 Å². The summed E-state index contributed by atoms with van der Waals surface area (Å²) in [6.45, 7) is 3.47. The van der Waals surface area contributed by atoms with Crippen molar-refractivity contribution in [2.45, 2.75) is 31.3 Å². The molecule has 0 bridgehead atoms. The number of rotatable bonds is 5. The predicted molar refractivity (Wildman–Crippen MR) is 72.1 cm³/mol. The Hall–Kier alpha value is -1.15. The molecule has 1 aromatic rings. The quantitative estimate of drug-likeness (QED) is 0.846. The van der Waals surface area contributed by atoms with Crippen molar-refractivity contribution in [1.82, 2.24) is 5.32 Å². The van der Waals surface area contributed by atoms with E-state index >= 15 is 0 Å². The molecule has 0 saturated heterocycles. The first-order valence-electron chi connectivity index (χ1n) is 6.27. The monoisotopic (exact) mass is 327 g/mol. The molecule has 0 amide bonds. The highest BCUT2D eigenvalue weighted by molar-refractivity contribution is 7.91. The van der Waals surface area contributed by atoms with Crippen LogP contribution in [-0.4, -0.2) is 26.5 Å². The molecule has 1 rings (SSSR count). The molecule has 2 atom stereocenters. The molecule has 0 aliphatic rings. The van der Waals surface area contributed by atoms with Gasteiger partial charge >= 0.3 is 6.18 Å². The number of hydrogen-bond acceptors (Lipinski definition) is 3. The third-order valence-electron chi connectivity index (χ3n) is 3.22. The number of alkyl halides is 3. The number of halogens is 4. The molecule has 2 unspecified atom stereocenters. The first kappa shape index (κ1) is 17.9. The third-order valence-corrected chi connectivity index (χ3v) is 4.85. The van der Waals surface area contributed by atoms with Gasteiger partial charge in [0.2, 0.25) is 0 Å². The van der Waals surface area contributed by atoms with Gasteiger partial charge < -0.3 is 5.32 Å². The normalized spacial score (nSPS) is 15.8. The van der Waals surface area contributed by atoms with Crippen molar-refractivity contribution in [2.75, 3.05) is 12.8 Å². The van der Waals surface area contributed by atoms with E-state index in [4.69, 9.17) is 0 Å². The van der Waals surface area contributed by atoms with Crippen LogP contribution in [0.15, 0.2) is 18.2 Å². The molecule has 1 aromatic carbocycles. The average molecular weight is 327 g/mol. The molecule has 0 aromatic heterocycles. The van der Waals surface area contributed by atoms with Gasteiger partial charge in [0.1, 0.15) is 5.82 Å². The van der Waals surface area contributed by atoms with E-state index < -0.39 is 38.7 Å². The summed E-state index contributed by atoms with van der Waals surface area (Å²) < 4.78 is 74.8. The minimum absolute atomic E-state index is 0.0866. The minimum atomic E-state index is -4.83. The minimum Gasteiger partial charge on any atom is -0.309 e. The summed E-state index contributed by atoms with van der Waals surface area (Å²) in [5.74, 6) is -1.38. The number of sulfone groups is 1. The molecule has 0 heterocycles. The smallest absolute Gasteiger partial charge is 0.309 e. The molecule has 21 heavy (non-hydrogen) atoms. The highest BCUT2D eigenvalue weighted by Crippen LogP contribution is 2.34. The molecular formula is C13H17F4NO2S. The summed E-state index contributed by atoms with van der Waals surface area (Å²) in [6, 6.07) is 1.69. The first-order chi connectivity index (χ1) is 9.48. The van der Waals surface area contributed by atoms with Crippen molar-refractivity contribution in [2.24, 2.45) is 0 Å². The van der Waals surface area contributed by atoms with Crippen LogP contribution in [0.2, 0.25) is 0 Å². The lowest BCUT2D eigenvalue weighted by atomic mass is 10.0. The second-order valence-electron chi connectivity index (χ2n) is 4.81. The fourth-order valence-corrected chi connectivity index (χ4v) is 2.72. The Kier molecular flexibility index (Phi) is 5.38. The molecule has 0 saturated carbocycles. The lowest BCUT2D eigenvalue weighted by molar-refractivity contribution is -0.140. The van der Waals surface area contributed by atoms with E-state index in [1.807, 2.05) is 0 Å². The molecular weight excluding hydrogens is 310 g/mol. The van der Waals surface area contributed by atoms with Gasteiger partial charge in [0.25, 0.3) is 0 Å². The van der Waals surface area contributed by atoms with Gasteiger partial charge in [-0.2, -0.15) is 13.2 Å². The predicted octanol–water partition coefficient (Wildman–Crippen LogP) is 2.93. The van der Waals surface area contributed by atoms with Crippen molar-refractivity contribution in [3.8, 4) is 0 Å². The largest absolute Gasteiger partial charge is 0.419 e. The van der Waals surface area contributed by atoms with Crippen LogP contribution in [0.4, 0.5) is 17.6 Å². The van der Waals surface area contributed by atoms with E-state index in [9.17, 15) is 26.0 Å². The van der Waals surface area contributed by atoms with Crippen LogP contribution in [0.1, 0.15) is 31.0 Å². The van der Waals surface area contributed by atoms with Gasteiger partial charge in [-0.05, 0) is 31.2 Å². The Morgan fingerprint density at radius 1 is 1.29 bits per heavy atom. The third kappa shape index (κ3) is 4.41. The molecule has 0 aliphatic heterocycles. The van der Waals surface area contributed by atoms with Crippen molar-refractivity contribution in [1.29, 1.82) is 0 Å². The lowest BCUT2D eigenvalue weighted by Gasteiger charge is -2.25. The van der Waals surface area contributed by atoms with E-state index in [-0.39, 0.29) is 5.56 Å². The van der Waals surface area contributed by atoms with Gasteiger partial charge in [0.05, 0.1) is 10.8 Å². The van der Waals surface area contributed by atoms with Crippen molar-refractivity contribution < 1.29 is 26.0 Å². The van der Waals surface area contributed by atoms with Crippen LogP contribution >= 0.6 is 0 Å². The van der Waals surface area contributed by atoms with Gasteiger partial charge in [-0.3, -0.25) is 0 Å². The molecule has 0 aliphatic carbocycles. The number of nitrogens with one attached hydrogen (secondary N) is 1. The Labute approximate surface area is 121 Å². The standard InChI is InChI=1S/C13H17F4NO2S/c1-4-18-12(8(2)21(3,19)20)9-5-6-11(14)10(7-9)13(15,16)17/h5-8,12,18H,4H2,1-3H3. The molecule has 0 spiro atoms. The summed E-state index contributed by atoms with van der Waals surface area (Å²) in [4.78, 5) is 0. The maximum absolute atomic E-state index is 13.3. The molecule has 1 N–H and O–H groups in total. The zero-order valence-electron chi connectivity index (χ0n) is 11.8. The Bertz CT molecular complexity index is 599. The zero-order valence-corrected chi connectivity index (χ0v) is 12.6. The Balaban J connectivity index is 3.34. The van der Waals surface area contributed by atoms with Crippen LogP contribution in [0.5, 0.6) is 0 Å². The zero-order chi connectivity index (χ0) is 16.4.